The molecule has 0 radical (unpaired) electrons. The Morgan fingerprint density at radius 1 is 0.492 bits per heavy atom. The summed E-state index contributed by atoms with van der Waals surface area (Å²) < 4.78 is 46.9. The number of unbranched alkanes of at least 4 members (excludes halogenated alkanes) is 6. The maximum atomic E-state index is 12.9. The van der Waals surface area contributed by atoms with Crippen LogP contribution in [0.5, 0.6) is 34.5 Å². The Balaban J connectivity index is 0.00000462. The highest BCUT2D eigenvalue weighted by molar-refractivity contribution is 5.73. The van der Waals surface area contributed by atoms with Crippen molar-refractivity contribution < 1.29 is 100 Å². The molecule has 2 aromatic rings. The van der Waals surface area contributed by atoms with Crippen molar-refractivity contribution >= 4 is 23.9 Å². The molecule has 4 saturated heterocycles. The summed E-state index contributed by atoms with van der Waals surface area (Å²) in [7, 11) is 10.8. The molecule has 4 fully saturated rings. The number of nitrogens with zero attached hydrogens (tertiary/aromatic N) is 2. The van der Waals surface area contributed by atoms with Gasteiger partial charge in [-0.05, 0) is 37.1 Å². The number of carbonyl (C=O) groups excluding carboxylic acids is 4. The Kier molecular flexibility index (Phi) is 20.3. The fraction of sp³-hybridized carbons (Fsp3) is 0.673. The highest BCUT2D eigenvalue weighted by Gasteiger charge is 2.54. The van der Waals surface area contributed by atoms with Gasteiger partial charge in [-0.15, -0.1) is 0 Å². The molecule has 4 atom stereocenters. The van der Waals surface area contributed by atoms with Gasteiger partial charge in [-0.25, -0.2) is 0 Å². The average molecular weight is 1040 g/mol. The third-order valence-electron chi connectivity index (χ3n) is 14.6. The fourth-order valence-corrected chi connectivity index (χ4v) is 11.3. The lowest BCUT2D eigenvalue weighted by atomic mass is 9.95. The number of rotatable bonds is 22. The first-order valence-electron chi connectivity index (χ1n) is 23.1. The van der Waals surface area contributed by atoms with Gasteiger partial charge in [0.2, 0.25) is 11.5 Å². The summed E-state index contributed by atoms with van der Waals surface area (Å²) in [5.74, 6) is 1.40. The van der Waals surface area contributed by atoms with Crippen LogP contribution in [0.4, 0.5) is 0 Å². The summed E-state index contributed by atoms with van der Waals surface area (Å²) >= 11 is 0. The van der Waals surface area contributed by atoms with Crippen molar-refractivity contribution in [3.8, 4) is 34.5 Å². The monoisotopic (exact) mass is 1040 g/mol. The van der Waals surface area contributed by atoms with Crippen LogP contribution < -0.4 is 62.4 Å². The number of ether oxygens (including phenoxy) is 8. The summed E-state index contributed by atoms with van der Waals surface area (Å²) in [6.45, 7) is 4.27. The number of methoxy groups -OCH3 is 4. The largest absolute Gasteiger partial charge is 1.00 e. The number of benzene rings is 2. The Labute approximate surface area is 406 Å². The topological polar surface area (TPSA) is 142 Å². The minimum atomic E-state index is -0.436. The van der Waals surface area contributed by atoms with Crippen LogP contribution in [0.3, 0.4) is 0 Å². The maximum absolute atomic E-state index is 12.9. The molecule has 0 saturated carbocycles. The quantitative estimate of drug-likeness (QED) is 0.0739. The lowest BCUT2D eigenvalue weighted by Gasteiger charge is -2.47. The van der Waals surface area contributed by atoms with Crippen LogP contribution in [0.1, 0.15) is 134 Å². The normalized spacial score (nSPS) is 26.2. The van der Waals surface area contributed by atoms with Gasteiger partial charge in [-0.2, -0.15) is 0 Å². The molecule has 0 aromatic heterocycles. The van der Waals surface area contributed by atoms with Gasteiger partial charge in [0.15, 0.2) is 23.0 Å². The SMILES string of the molecule is COc1cc(C[N+]2(C)C3CCC2CC(OC(=O)CCCCCCCCCC(=O)OC2CC4CCC(C2)[N+]4(C)Cc2cc(OC)c(OC(C)=O)c(OC)c2)C3)cc(OC)c1OC(C)=O.[Br-].[Br-]. The second-order valence-corrected chi connectivity index (χ2v) is 18.8. The molecule has 4 heterocycles. The van der Waals surface area contributed by atoms with E-state index in [2.05, 4.69) is 14.1 Å². The van der Waals surface area contributed by atoms with Gasteiger partial charge in [-0.3, -0.25) is 19.2 Å². The minimum absolute atomic E-state index is 0. The molecule has 4 aliphatic rings. The first kappa shape index (κ1) is 54.0. The highest BCUT2D eigenvalue weighted by atomic mass is 79.9. The molecule has 0 amide bonds. The third kappa shape index (κ3) is 13.3. The lowest BCUT2D eigenvalue weighted by Crippen LogP contribution is -3.00. The molecular formula is C49H72Br2N2O12. The van der Waals surface area contributed by atoms with Gasteiger partial charge in [0.1, 0.15) is 25.3 Å². The molecule has 16 heteroatoms. The van der Waals surface area contributed by atoms with Gasteiger partial charge in [0.05, 0.1) is 66.7 Å². The Morgan fingerprint density at radius 2 is 0.769 bits per heavy atom. The minimum Gasteiger partial charge on any atom is -1.00 e. The van der Waals surface area contributed by atoms with E-state index >= 15 is 0 Å². The molecule has 14 nitrogen and oxygen atoms in total. The zero-order chi connectivity index (χ0) is 45.3. The van der Waals surface area contributed by atoms with Crippen molar-refractivity contribution in [2.24, 2.45) is 0 Å². The number of fused-ring (bicyclic) bond motifs is 4. The molecule has 4 bridgehead atoms. The van der Waals surface area contributed by atoms with Crippen molar-refractivity contribution in [3.05, 3.63) is 35.4 Å². The van der Waals surface area contributed by atoms with E-state index < -0.39 is 11.9 Å². The van der Waals surface area contributed by atoms with Crippen LogP contribution in [-0.2, 0) is 41.7 Å². The van der Waals surface area contributed by atoms with Crippen molar-refractivity contribution in [1.29, 1.82) is 0 Å². The smallest absolute Gasteiger partial charge is 0.308 e. The molecular weight excluding hydrogens is 968 g/mol. The standard InChI is InChI=1S/C49H72N2O12.2BrH/c1-32(52)60-48-42(56-5)22-34(23-43(48)57-6)30-50(3)36-18-19-37(50)27-40(26-36)62-46(54)16-14-12-10-9-11-13-15-17-47(55)63-41-28-38-20-21-39(29-41)51(38,4)31-35-24-44(58-7)49(61-33(2)53)45(25-35)59-8;;/h22-25,36-41H,9-21,26-31H2,1-8H3;2*1H/q+2;;/p-2. The van der Waals surface area contributed by atoms with Crippen LogP contribution in [0.2, 0.25) is 0 Å². The number of halogens is 2. The predicted octanol–water partition coefficient (Wildman–Crippen LogP) is 2.16. The molecule has 364 valence electrons. The number of quaternary nitrogens is 2. The van der Waals surface area contributed by atoms with Gasteiger partial charge >= 0.3 is 23.9 Å². The van der Waals surface area contributed by atoms with Crippen LogP contribution in [0.25, 0.3) is 0 Å². The summed E-state index contributed by atoms with van der Waals surface area (Å²) in [5, 5.41) is 0. The van der Waals surface area contributed by atoms with E-state index in [0.29, 0.717) is 71.5 Å². The number of hydrogen-bond acceptors (Lipinski definition) is 12. The van der Waals surface area contributed by atoms with Crippen LogP contribution in [-0.4, -0.2) is 112 Å². The zero-order valence-corrected chi connectivity index (χ0v) is 42.9. The van der Waals surface area contributed by atoms with E-state index in [9.17, 15) is 19.2 Å². The van der Waals surface area contributed by atoms with E-state index in [4.69, 9.17) is 37.9 Å². The molecule has 4 unspecified atom stereocenters. The average Bonchev–Trinajstić information content (AvgIpc) is 3.46. The van der Waals surface area contributed by atoms with E-state index in [1.807, 2.05) is 24.3 Å². The Morgan fingerprint density at radius 3 is 1.03 bits per heavy atom. The number of piperidine rings is 2. The van der Waals surface area contributed by atoms with Crippen molar-refractivity contribution in [1.82, 2.24) is 0 Å². The molecule has 6 rings (SSSR count). The molecule has 2 aromatic carbocycles. The maximum Gasteiger partial charge on any atom is 0.308 e. The summed E-state index contributed by atoms with van der Waals surface area (Å²) in [6.07, 6.45) is 15.5. The molecule has 4 aliphatic heterocycles. The Bertz CT molecular complexity index is 1730. The summed E-state index contributed by atoms with van der Waals surface area (Å²) in [4.78, 5) is 49.2. The first-order valence-corrected chi connectivity index (χ1v) is 23.1. The number of carbonyl (C=O) groups is 4. The highest BCUT2D eigenvalue weighted by Crippen LogP contribution is 2.47. The fourth-order valence-electron chi connectivity index (χ4n) is 11.3. The third-order valence-corrected chi connectivity index (χ3v) is 14.6. The van der Waals surface area contributed by atoms with Gasteiger partial charge in [0.25, 0.3) is 0 Å². The van der Waals surface area contributed by atoms with Crippen molar-refractivity contribution in [3.63, 3.8) is 0 Å². The van der Waals surface area contributed by atoms with Crippen molar-refractivity contribution in [2.45, 2.75) is 172 Å². The predicted molar refractivity (Wildman–Crippen MR) is 235 cm³/mol. The van der Waals surface area contributed by atoms with E-state index in [0.717, 1.165) is 129 Å². The summed E-state index contributed by atoms with van der Waals surface area (Å²) in [6, 6.07) is 9.28. The lowest BCUT2D eigenvalue weighted by molar-refractivity contribution is -0.961. The number of esters is 4. The Hall–Kier alpha value is -3.60. The second kappa shape index (κ2) is 24.4. The van der Waals surface area contributed by atoms with E-state index in [1.165, 1.54) is 13.8 Å². The van der Waals surface area contributed by atoms with E-state index in [1.54, 1.807) is 28.4 Å². The van der Waals surface area contributed by atoms with Gasteiger partial charge < -0.3 is 80.8 Å². The molecule has 0 aliphatic carbocycles. The summed E-state index contributed by atoms with van der Waals surface area (Å²) in [5.41, 5.74) is 2.10. The molecule has 65 heavy (non-hydrogen) atoms. The van der Waals surface area contributed by atoms with Gasteiger partial charge in [0, 0.05) is 89.2 Å². The second-order valence-electron chi connectivity index (χ2n) is 18.8. The van der Waals surface area contributed by atoms with Gasteiger partial charge in [-0.1, -0.05) is 32.1 Å². The number of hydrogen-bond donors (Lipinski definition) is 0. The van der Waals surface area contributed by atoms with Crippen LogP contribution >= 0.6 is 0 Å². The molecule has 0 spiro atoms. The van der Waals surface area contributed by atoms with E-state index in [-0.39, 0.29) is 58.1 Å². The van der Waals surface area contributed by atoms with Crippen LogP contribution in [0.15, 0.2) is 24.3 Å². The zero-order valence-electron chi connectivity index (χ0n) is 39.8. The first-order chi connectivity index (χ1) is 30.2. The van der Waals surface area contributed by atoms with Crippen LogP contribution in [0, 0.1) is 0 Å². The van der Waals surface area contributed by atoms with Crippen molar-refractivity contribution in [2.75, 3.05) is 42.5 Å². The molecule has 0 N–H and O–H groups in total.